The van der Waals surface area contributed by atoms with Gasteiger partial charge in [-0.05, 0) is 13.8 Å². The van der Waals surface area contributed by atoms with E-state index in [1.807, 2.05) is 13.8 Å². The highest BCUT2D eigenvalue weighted by Crippen LogP contribution is 2.04. The lowest BCUT2D eigenvalue weighted by atomic mass is 10.2. The second-order valence-electron chi connectivity index (χ2n) is 3.72. The zero-order valence-corrected chi connectivity index (χ0v) is 9.64. The van der Waals surface area contributed by atoms with Gasteiger partial charge in [0.05, 0.1) is 5.56 Å². The first kappa shape index (κ1) is 12.2. The number of nitrogens with zero attached hydrogens (tertiary/aromatic N) is 2. The maximum atomic E-state index is 12.0. The molecule has 1 amide bonds. The van der Waals surface area contributed by atoms with E-state index in [1.165, 1.54) is 24.5 Å². The van der Waals surface area contributed by atoms with Crippen LogP contribution in [0.25, 0.3) is 0 Å². The molecule has 1 aromatic rings. The van der Waals surface area contributed by atoms with Crippen LogP contribution in [0, 0.1) is 5.21 Å². The highest BCUT2D eigenvalue weighted by molar-refractivity contribution is 5.94. The maximum absolute atomic E-state index is 12.0. The van der Waals surface area contributed by atoms with E-state index in [0.29, 0.717) is 23.4 Å². The number of aromatic nitrogens is 1. The van der Waals surface area contributed by atoms with Crippen molar-refractivity contribution in [1.29, 1.82) is 0 Å². The van der Waals surface area contributed by atoms with Gasteiger partial charge in [0.1, 0.15) is 0 Å². The Hall–Kier alpha value is -1.84. The van der Waals surface area contributed by atoms with Gasteiger partial charge in [0.15, 0.2) is 12.4 Å². The molecule has 0 saturated carbocycles. The topological polar surface area (TPSA) is 47.2 Å². The fourth-order valence-electron chi connectivity index (χ4n) is 1.39. The molecule has 0 atom stereocenters. The Labute approximate surface area is 95.4 Å². The van der Waals surface area contributed by atoms with E-state index >= 15 is 0 Å². The highest BCUT2D eigenvalue weighted by Gasteiger charge is 2.14. The fourth-order valence-corrected chi connectivity index (χ4v) is 1.39. The summed E-state index contributed by atoms with van der Waals surface area (Å²) in [7, 11) is 0. The summed E-state index contributed by atoms with van der Waals surface area (Å²) in [5.41, 5.74) is 1.46. The van der Waals surface area contributed by atoms with Crippen LogP contribution >= 0.6 is 0 Å². The van der Waals surface area contributed by atoms with Crippen molar-refractivity contribution in [3.8, 4) is 0 Å². The van der Waals surface area contributed by atoms with Crippen LogP contribution in [-0.4, -0.2) is 23.9 Å². The summed E-state index contributed by atoms with van der Waals surface area (Å²) in [4.78, 5) is 13.7. The first-order valence-electron chi connectivity index (χ1n) is 5.17. The van der Waals surface area contributed by atoms with Crippen LogP contribution in [-0.2, 0) is 0 Å². The second kappa shape index (κ2) is 5.30. The molecular formula is C12H16N2O2. The Balaban J connectivity index is 2.82. The molecule has 0 aromatic carbocycles. The van der Waals surface area contributed by atoms with E-state index in [1.54, 1.807) is 4.90 Å². The van der Waals surface area contributed by atoms with Gasteiger partial charge < -0.3 is 10.1 Å². The quantitative estimate of drug-likeness (QED) is 0.437. The van der Waals surface area contributed by atoms with Crippen LogP contribution in [0.2, 0.25) is 0 Å². The predicted octanol–water partition coefficient (Wildman–Crippen LogP) is 1.36. The Morgan fingerprint density at radius 2 is 2.06 bits per heavy atom. The first-order chi connectivity index (χ1) is 7.54. The molecule has 86 valence electrons. The molecular weight excluding hydrogens is 204 g/mol. The molecule has 0 bridgehead atoms. The van der Waals surface area contributed by atoms with E-state index in [0.717, 1.165) is 5.57 Å². The van der Waals surface area contributed by atoms with Crippen molar-refractivity contribution in [1.82, 2.24) is 4.90 Å². The van der Waals surface area contributed by atoms with Crippen LogP contribution in [0.4, 0.5) is 0 Å². The van der Waals surface area contributed by atoms with E-state index in [4.69, 9.17) is 0 Å². The maximum Gasteiger partial charge on any atom is 0.254 e. The van der Waals surface area contributed by atoms with Crippen LogP contribution in [0.15, 0.2) is 36.7 Å². The standard InChI is InChI=1S/C12H16N2O2/c1-4-13(9-10(2)3)12(15)11-5-7-14(16)8-6-11/h5-8H,2,4,9H2,1,3H3. The van der Waals surface area contributed by atoms with Crippen molar-refractivity contribution in [3.63, 3.8) is 0 Å². The lowest BCUT2D eigenvalue weighted by molar-refractivity contribution is -0.605. The van der Waals surface area contributed by atoms with Gasteiger partial charge >= 0.3 is 0 Å². The smallest absolute Gasteiger partial charge is 0.254 e. The number of likely N-dealkylation sites (N-methyl/N-ethyl adjacent to an activating group) is 1. The normalized spacial score (nSPS) is 9.88. The van der Waals surface area contributed by atoms with Crippen molar-refractivity contribution < 1.29 is 9.52 Å². The summed E-state index contributed by atoms with van der Waals surface area (Å²) in [5, 5.41) is 10.8. The average Bonchev–Trinajstić information content (AvgIpc) is 2.25. The van der Waals surface area contributed by atoms with Crippen LogP contribution in [0.3, 0.4) is 0 Å². The van der Waals surface area contributed by atoms with Crippen molar-refractivity contribution in [2.24, 2.45) is 0 Å². The summed E-state index contributed by atoms with van der Waals surface area (Å²) in [6.45, 7) is 8.75. The number of rotatable bonds is 4. The molecule has 1 rings (SSSR count). The number of carbonyl (C=O) groups excluding carboxylic acids is 1. The zero-order valence-electron chi connectivity index (χ0n) is 9.64. The molecule has 4 heteroatoms. The third kappa shape index (κ3) is 3.08. The predicted molar refractivity (Wildman–Crippen MR) is 61.8 cm³/mol. The summed E-state index contributed by atoms with van der Waals surface area (Å²) < 4.78 is 0.659. The Kier molecular flexibility index (Phi) is 4.05. The monoisotopic (exact) mass is 220 g/mol. The number of carbonyl (C=O) groups is 1. The molecule has 0 aliphatic rings. The Bertz CT molecular complexity index is 385. The average molecular weight is 220 g/mol. The van der Waals surface area contributed by atoms with Gasteiger partial charge in [-0.25, -0.2) is 0 Å². The molecule has 0 saturated heterocycles. The lowest BCUT2D eigenvalue weighted by Gasteiger charge is -2.20. The molecule has 0 unspecified atom stereocenters. The minimum Gasteiger partial charge on any atom is -0.619 e. The van der Waals surface area contributed by atoms with E-state index in [2.05, 4.69) is 6.58 Å². The van der Waals surface area contributed by atoms with E-state index in [9.17, 15) is 10.0 Å². The van der Waals surface area contributed by atoms with Gasteiger partial charge in [0, 0.05) is 25.2 Å². The zero-order chi connectivity index (χ0) is 12.1. The van der Waals surface area contributed by atoms with Crippen molar-refractivity contribution >= 4 is 5.91 Å². The number of amides is 1. The van der Waals surface area contributed by atoms with Gasteiger partial charge in [-0.15, -0.1) is 0 Å². The van der Waals surface area contributed by atoms with E-state index < -0.39 is 0 Å². The highest BCUT2D eigenvalue weighted by atomic mass is 16.5. The SMILES string of the molecule is C=C(C)CN(CC)C(=O)c1cc[n+]([O-])cc1. The summed E-state index contributed by atoms with van der Waals surface area (Å²) in [5.74, 6) is -0.0777. The number of hydrogen-bond donors (Lipinski definition) is 0. The Morgan fingerprint density at radius 3 is 2.50 bits per heavy atom. The Morgan fingerprint density at radius 1 is 1.50 bits per heavy atom. The van der Waals surface area contributed by atoms with Crippen LogP contribution in [0.1, 0.15) is 24.2 Å². The molecule has 4 nitrogen and oxygen atoms in total. The lowest BCUT2D eigenvalue weighted by Crippen LogP contribution is -2.33. The van der Waals surface area contributed by atoms with Crippen LogP contribution < -0.4 is 4.73 Å². The molecule has 16 heavy (non-hydrogen) atoms. The van der Waals surface area contributed by atoms with Crippen LogP contribution in [0.5, 0.6) is 0 Å². The fraction of sp³-hybridized carbons (Fsp3) is 0.333. The van der Waals surface area contributed by atoms with Gasteiger partial charge in [-0.1, -0.05) is 12.2 Å². The second-order valence-corrected chi connectivity index (χ2v) is 3.72. The minimum atomic E-state index is -0.0777. The third-order valence-corrected chi connectivity index (χ3v) is 2.18. The number of pyridine rings is 1. The first-order valence-corrected chi connectivity index (χ1v) is 5.17. The summed E-state index contributed by atoms with van der Waals surface area (Å²) >= 11 is 0. The molecule has 0 aliphatic heterocycles. The molecule has 0 fully saturated rings. The van der Waals surface area contributed by atoms with Gasteiger partial charge in [0.25, 0.3) is 5.91 Å². The van der Waals surface area contributed by atoms with Gasteiger partial charge in [-0.2, -0.15) is 4.73 Å². The largest absolute Gasteiger partial charge is 0.619 e. The van der Waals surface area contributed by atoms with Gasteiger partial charge in [-0.3, -0.25) is 4.79 Å². The molecule has 0 N–H and O–H groups in total. The third-order valence-electron chi connectivity index (χ3n) is 2.18. The molecule has 0 spiro atoms. The number of hydrogen-bond acceptors (Lipinski definition) is 2. The van der Waals surface area contributed by atoms with Crippen molar-refractivity contribution in [2.45, 2.75) is 13.8 Å². The van der Waals surface area contributed by atoms with Gasteiger partial charge in [0.2, 0.25) is 0 Å². The molecule has 1 aromatic heterocycles. The van der Waals surface area contributed by atoms with Crippen molar-refractivity contribution in [2.75, 3.05) is 13.1 Å². The molecule has 0 radical (unpaired) electrons. The van der Waals surface area contributed by atoms with E-state index in [-0.39, 0.29) is 5.91 Å². The molecule has 0 aliphatic carbocycles. The molecule has 1 heterocycles. The van der Waals surface area contributed by atoms with Crippen molar-refractivity contribution in [3.05, 3.63) is 47.4 Å². The summed E-state index contributed by atoms with van der Waals surface area (Å²) in [6, 6.07) is 3.05. The minimum absolute atomic E-state index is 0.0777. The summed E-state index contributed by atoms with van der Waals surface area (Å²) in [6.07, 6.45) is 2.64.